The molecule has 0 saturated heterocycles. The molecule has 0 amide bonds. The number of nitrogens with zero attached hydrogens (tertiary/aromatic N) is 2. The molecule has 0 saturated carbocycles. The quantitative estimate of drug-likeness (QED) is 0.650. The van der Waals surface area contributed by atoms with Gasteiger partial charge in [0.05, 0.1) is 5.52 Å². The summed E-state index contributed by atoms with van der Waals surface area (Å²) in [5.74, 6) is -0.384. The van der Waals surface area contributed by atoms with Crippen molar-refractivity contribution >= 4 is 10.9 Å². The highest BCUT2D eigenvalue weighted by Gasteiger charge is 2.06. The van der Waals surface area contributed by atoms with Gasteiger partial charge < -0.3 is 4.57 Å². The van der Waals surface area contributed by atoms with E-state index in [2.05, 4.69) is 0 Å². The first kappa shape index (κ1) is 9.41. The van der Waals surface area contributed by atoms with Gasteiger partial charge >= 0.3 is 0 Å². The number of pyridine rings is 1. The Labute approximate surface area is 85.0 Å². The van der Waals surface area contributed by atoms with E-state index < -0.39 is 0 Å². The molecule has 0 aliphatic carbocycles. The van der Waals surface area contributed by atoms with E-state index in [-0.39, 0.29) is 16.9 Å². The molecule has 1 aromatic carbocycles. The summed E-state index contributed by atoms with van der Waals surface area (Å²) in [7, 11) is 1.56. The maximum atomic E-state index is 12.9. The highest BCUT2D eigenvalue weighted by Crippen LogP contribution is 2.14. The molecule has 4 heteroatoms. The largest absolute Gasteiger partial charge is 0.310 e. The van der Waals surface area contributed by atoms with Gasteiger partial charge in [-0.2, -0.15) is 5.26 Å². The molecule has 0 aliphatic rings. The highest BCUT2D eigenvalue weighted by molar-refractivity contribution is 5.80. The van der Waals surface area contributed by atoms with Gasteiger partial charge in [-0.25, -0.2) is 4.39 Å². The van der Waals surface area contributed by atoms with Gasteiger partial charge in [0.25, 0.3) is 5.56 Å². The van der Waals surface area contributed by atoms with Crippen molar-refractivity contribution in [2.45, 2.75) is 0 Å². The van der Waals surface area contributed by atoms with Crippen LogP contribution in [-0.2, 0) is 7.05 Å². The molecule has 3 nitrogen and oxygen atoms in total. The summed E-state index contributed by atoms with van der Waals surface area (Å²) < 4.78 is 14.3. The molecular formula is C11H7FN2O. The number of aryl methyl sites for hydroxylation is 1. The van der Waals surface area contributed by atoms with Crippen molar-refractivity contribution in [2.24, 2.45) is 7.05 Å². The van der Waals surface area contributed by atoms with E-state index in [1.54, 1.807) is 13.1 Å². The van der Waals surface area contributed by atoms with E-state index in [1.165, 1.54) is 28.8 Å². The second kappa shape index (κ2) is 3.21. The Hall–Kier alpha value is -2.15. The van der Waals surface area contributed by atoms with Gasteiger partial charge in [-0.05, 0) is 24.3 Å². The van der Waals surface area contributed by atoms with Crippen LogP contribution >= 0.6 is 0 Å². The van der Waals surface area contributed by atoms with Crippen LogP contribution in [0, 0.1) is 17.1 Å². The summed E-state index contributed by atoms with van der Waals surface area (Å²) in [5, 5.41) is 9.26. The molecule has 0 radical (unpaired) electrons. The summed E-state index contributed by atoms with van der Waals surface area (Å²) in [5.41, 5.74) is 0.271. The molecule has 0 bridgehead atoms. The standard InChI is InChI=1S/C11H7FN2O/c1-14-10-3-2-9(12)5-7(10)4-8(6-13)11(14)15/h2-5H,1H3. The van der Waals surface area contributed by atoms with E-state index in [0.717, 1.165) is 0 Å². The van der Waals surface area contributed by atoms with Crippen LogP contribution in [0.3, 0.4) is 0 Å². The van der Waals surface area contributed by atoms with Crippen molar-refractivity contribution in [3.05, 3.63) is 46.0 Å². The molecule has 74 valence electrons. The average Bonchev–Trinajstić information content (AvgIpc) is 2.23. The first-order valence-corrected chi connectivity index (χ1v) is 4.33. The predicted octanol–water partition coefficient (Wildman–Crippen LogP) is 1.55. The molecular weight excluding hydrogens is 195 g/mol. The second-order valence-corrected chi connectivity index (χ2v) is 3.24. The first-order valence-electron chi connectivity index (χ1n) is 4.33. The lowest BCUT2D eigenvalue weighted by Gasteiger charge is -2.04. The van der Waals surface area contributed by atoms with E-state index in [0.29, 0.717) is 10.9 Å². The molecule has 1 aromatic heterocycles. The van der Waals surface area contributed by atoms with Crippen molar-refractivity contribution in [2.75, 3.05) is 0 Å². The lowest BCUT2D eigenvalue weighted by atomic mass is 10.1. The number of benzene rings is 1. The monoisotopic (exact) mass is 202 g/mol. The van der Waals surface area contributed by atoms with Crippen LogP contribution in [0.25, 0.3) is 10.9 Å². The zero-order chi connectivity index (χ0) is 11.0. The summed E-state index contributed by atoms with van der Waals surface area (Å²) in [6.07, 6.45) is 0. The molecule has 1 heterocycles. The van der Waals surface area contributed by atoms with Crippen LogP contribution in [0.2, 0.25) is 0 Å². The zero-order valence-corrected chi connectivity index (χ0v) is 7.99. The van der Waals surface area contributed by atoms with Gasteiger partial charge in [0.2, 0.25) is 0 Å². The van der Waals surface area contributed by atoms with Crippen molar-refractivity contribution in [3.63, 3.8) is 0 Å². The maximum Gasteiger partial charge on any atom is 0.268 e. The number of halogens is 1. The Morgan fingerprint density at radius 1 is 1.40 bits per heavy atom. The van der Waals surface area contributed by atoms with Crippen molar-refractivity contribution in [1.29, 1.82) is 5.26 Å². The lowest BCUT2D eigenvalue weighted by Crippen LogP contribution is -2.19. The Kier molecular flexibility index (Phi) is 2.01. The van der Waals surface area contributed by atoms with Crippen LogP contribution in [0.1, 0.15) is 5.56 Å². The number of nitriles is 1. The summed E-state index contributed by atoms with van der Waals surface area (Å²) in [4.78, 5) is 11.5. The van der Waals surface area contributed by atoms with E-state index in [9.17, 15) is 9.18 Å². The third-order valence-electron chi connectivity index (χ3n) is 2.31. The molecule has 0 N–H and O–H groups in total. The Bertz CT molecular complexity index is 637. The molecule has 0 aliphatic heterocycles. The highest BCUT2D eigenvalue weighted by atomic mass is 19.1. The van der Waals surface area contributed by atoms with E-state index in [4.69, 9.17) is 5.26 Å². The van der Waals surface area contributed by atoms with Crippen LogP contribution in [0.5, 0.6) is 0 Å². The number of aromatic nitrogens is 1. The lowest BCUT2D eigenvalue weighted by molar-refractivity contribution is 0.629. The van der Waals surface area contributed by atoms with Crippen LogP contribution in [0.4, 0.5) is 4.39 Å². The number of fused-ring (bicyclic) bond motifs is 1. The van der Waals surface area contributed by atoms with Gasteiger partial charge in [0.1, 0.15) is 17.4 Å². The zero-order valence-electron chi connectivity index (χ0n) is 7.99. The van der Waals surface area contributed by atoms with Crippen molar-refractivity contribution in [1.82, 2.24) is 4.57 Å². The number of rotatable bonds is 0. The van der Waals surface area contributed by atoms with E-state index in [1.807, 2.05) is 0 Å². The molecule has 0 fully saturated rings. The SMILES string of the molecule is Cn1c(=O)c(C#N)cc2cc(F)ccc21. The fraction of sp³-hybridized carbons (Fsp3) is 0.0909. The topological polar surface area (TPSA) is 45.8 Å². The van der Waals surface area contributed by atoms with Crippen LogP contribution in [0.15, 0.2) is 29.1 Å². The average molecular weight is 202 g/mol. The minimum atomic E-state index is -0.384. The fourth-order valence-corrected chi connectivity index (χ4v) is 1.53. The second-order valence-electron chi connectivity index (χ2n) is 3.24. The van der Waals surface area contributed by atoms with Gasteiger partial charge in [-0.15, -0.1) is 0 Å². The van der Waals surface area contributed by atoms with Crippen molar-refractivity contribution < 1.29 is 4.39 Å². The third-order valence-corrected chi connectivity index (χ3v) is 2.31. The third kappa shape index (κ3) is 1.38. The smallest absolute Gasteiger partial charge is 0.268 e. The first-order chi connectivity index (χ1) is 7.13. The fourth-order valence-electron chi connectivity index (χ4n) is 1.53. The molecule has 2 aromatic rings. The number of hydrogen-bond acceptors (Lipinski definition) is 2. The molecule has 0 spiro atoms. The van der Waals surface area contributed by atoms with Gasteiger partial charge in [0.15, 0.2) is 0 Å². The maximum absolute atomic E-state index is 12.9. The Morgan fingerprint density at radius 3 is 2.80 bits per heavy atom. The van der Waals surface area contributed by atoms with Gasteiger partial charge in [-0.1, -0.05) is 0 Å². The summed E-state index contributed by atoms with van der Waals surface area (Å²) >= 11 is 0. The summed E-state index contributed by atoms with van der Waals surface area (Å²) in [6, 6.07) is 7.30. The molecule has 0 unspecified atom stereocenters. The van der Waals surface area contributed by atoms with Crippen molar-refractivity contribution in [3.8, 4) is 6.07 Å². The predicted molar refractivity (Wildman–Crippen MR) is 53.9 cm³/mol. The van der Waals surface area contributed by atoms with Gasteiger partial charge in [0, 0.05) is 12.4 Å². The normalized spacial score (nSPS) is 10.2. The minimum Gasteiger partial charge on any atom is -0.310 e. The van der Waals surface area contributed by atoms with Crippen LogP contribution < -0.4 is 5.56 Å². The van der Waals surface area contributed by atoms with Gasteiger partial charge in [-0.3, -0.25) is 4.79 Å². The van der Waals surface area contributed by atoms with E-state index >= 15 is 0 Å². The summed E-state index contributed by atoms with van der Waals surface area (Å²) in [6.45, 7) is 0. The Morgan fingerprint density at radius 2 is 2.13 bits per heavy atom. The minimum absolute atomic E-state index is 0.0237. The van der Waals surface area contributed by atoms with Crippen LogP contribution in [-0.4, -0.2) is 4.57 Å². The molecule has 15 heavy (non-hydrogen) atoms. The number of hydrogen-bond donors (Lipinski definition) is 0. The molecule has 2 rings (SSSR count). The Balaban J connectivity index is 2.99. The molecule has 0 atom stereocenters.